The Morgan fingerprint density at radius 3 is 1.84 bits per heavy atom. The van der Waals surface area contributed by atoms with Gasteiger partial charge in [-0.2, -0.15) is 16.3 Å². The molecule has 4 heterocycles. The average Bonchev–Trinajstić information content (AvgIpc) is 4.36. The summed E-state index contributed by atoms with van der Waals surface area (Å²) in [5.41, 5.74) is 7.11. The number of methoxy groups -OCH3 is 1. The molecule has 20 heteroatoms. The van der Waals surface area contributed by atoms with Gasteiger partial charge in [-0.25, -0.2) is 4.79 Å². The fourth-order valence-corrected chi connectivity index (χ4v) is 11.9. The van der Waals surface area contributed by atoms with E-state index in [4.69, 9.17) is 47.4 Å². The first-order chi connectivity index (χ1) is 39.5. The fraction of sp³-hybridized carbons (Fsp3) is 0.639. The van der Waals surface area contributed by atoms with E-state index >= 15 is 0 Å². The number of ether oxygens (including phenoxy) is 10. The average molecular weight is 1150 g/mol. The number of thioether (sulfide) groups is 1. The van der Waals surface area contributed by atoms with Gasteiger partial charge >= 0.3 is 6.03 Å². The molecule has 0 aliphatic carbocycles. The van der Waals surface area contributed by atoms with Crippen molar-refractivity contribution in [3.8, 4) is 0 Å². The van der Waals surface area contributed by atoms with E-state index in [1.807, 2.05) is 11.8 Å². The normalized spacial score (nSPS) is 19.2. The molecule has 0 saturated carbocycles. The van der Waals surface area contributed by atoms with E-state index < -0.39 is 0 Å². The van der Waals surface area contributed by atoms with Crippen molar-refractivity contribution in [1.82, 2.24) is 21.3 Å². The number of para-hydroxylation sites is 2. The zero-order valence-electron chi connectivity index (χ0n) is 48.9. The summed E-state index contributed by atoms with van der Waals surface area (Å²) in [6.07, 6.45) is 14.4. The summed E-state index contributed by atoms with van der Waals surface area (Å²) < 4.78 is 58.6. The Bertz CT molecular complexity index is 2330. The second-order valence-electron chi connectivity index (χ2n) is 21.1. The molecule has 0 spiro atoms. The van der Waals surface area contributed by atoms with Gasteiger partial charge in [0.25, 0.3) is 0 Å². The quantitative estimate of drug-likeness (QED) is 0.0261. The molecule has 3 atom stereocenters. The second kappa shape index (κ2) is 36.8. The number of carbonyl (C=O) groups is 3. The number of allylic oxidation sites excluding steroid dienone is 6. The van der Waals surface area contributed by atoms with Crippen molar-refractivity contribution in [2.24, 2.45) is 0 Å². The first-order valence-electron chi connectivity index (χ1n) is 29.1. The van der Waals surface area contributed by atoms with Gasteiger partial charge in [0.2, 0.25) is 17.5 Å². The van der Waals surface area contributed by atoms with E-state index in [1.165, 1.54) is 33.9 Å². The van der Waals surface area contributed by atoms with Crippen LogP contribution in [0.5, 0.6) is 0 Å². The molecule has 450 valence electrons. The van der Waals surface area contributed by atoms with Crippen LogP contribution >= 0.6 is 11.8 Å². The van der Waals surface area contributed by atoms with Crippen molar-refractivity contribution < 1.29 is 66.3 Å². The van der Waals surface area contributed by atoms with Gasteiger partial charge in [0, 0.05) is 85.1 Å². The number of nitrogens with one attached hydrogen (secondary N) is 4. The minimum absolute atomic E-state index is 0.0215. The molecule has 0 radical (unpaired) electrons. The first-order valence-corrected chi connectivity index (χ1v) is 30.1. The van der Waals surface area contributed by atoms with E-state index in [-0.39, 0.29) is 47.2 Å². The molecular formula is C61H93N6O13S+. The standard InChI is InChI=1S/C61H92N6O13S/c1-60(2)48-15-9-11-17-51(48)66(26-31-75-38-41-79-44-43-77-34-33-71-5)54(60)20-7-6-8-21-55-61(3,4)49-16-10-12-18-52(49)67(55)27-32-76-39-42-80-46-45-78-40-35-72-28-23-57(69)63-25-30-74-37-36-73-29-24-62-56(68)22-14-13-19-53-58-50(47-81-53)64-59(70)65-58/h6-12,15-18,20-21,50,53,58H,13-14,19,22-47H2,1-5H3,(H3-,62,63,64,65,68,69,70)/p+1/t50-,53-,58-/m0/s1. The molecule has 0 bridgehead atoms. The van der Waals surface area contributed by atoms with Crippen molar-refractivity contribution in [1.29, 1.82) is 0 Å². The number of nitrogens with zero attached hydrogens (tertiary/aromatic N) is 2. The Labute approximate surface area is 485 Å². The first kappa shape index (κ1) is 65.4. The summed E-state index contributed by atoms with van der Waals surface area (Å²) >= 11 is 1.89. The highest BCUT2D eigenvalue weighted by molar-refractivity contribution is 8.00. The van der Waals surface area contributed by atoms with Crippen LogP contribution in [0.3, 0.4) is 0 Å². The Kier molecular flexibility index (Phi) is 29.7. The maximum Gasteiger partial charge on any atom is 0.315 e. The summed E-state index contributed by atoms with van der Waals surface area (Å²) in [4.78, 5) is 38.2. The second-order valence-corrected chi connectivity index (χ2v) is 22.4. The number of fused-ring (bicyclic) bond motifs is 3. The van der Waals surface area contributed by atoms with Crippen LogP contribution in [0.15, 0.2) is 84.6 Å². The molecule has 4 aliphatic heterocycles. The van der Waals surface area contributed by atoms with Crippen molar-refractivity contribution >= 4 is 46.7 Å². The molecule has 2 aromatic rings. The third kappa shape index (κ3) is 21.8. The van der Waals surface area contributed by atoms with E-state index in [0.717, 1.165) is 31.6 Å². The van der Waals surface area contributed by atoms with Gasteiger partial charge in [0.05, 0.1) is 136 Å². The predicted molar refractivity (Wildman–Crippen MR) is 316 cm³/mol. The number of hydrogen-bond acceptors (Lipinski definition) is 15. The lowest BCUT2D eigenvalue weighted by molar-refractivity contribution is -0.442. The van der Waals surface area contributed by atoms with Crippen LogP contribution in [0.25, 0.3) is 0 Å². The number of benzene rings is 2. The van der Waals surface area contributed by atoms with Crippen LogP contribution in [0.1, 0.15) is 70.9 Å². The predicted octanol–water partition coefficient (Wildman–Crippen LogP) is 6.00. The van der Waals surface area contributed by atoms with Gasteiger partial charge in [0.1, 0.15) is 6.61 Å². The van der Waals surface area contributed by atoms with Gasteiger partial charge < -0.3 is 73.5 Å². The number of unbranched alkanes of at least 4 members (excludes halogenated alkanes) is 1. The van der Waals surface area contributed by atoms with Gasteiger partial charge in [-0.05, 0) is 44.4 Å². The zero-order valence-corrected chi connectivity index (χ0v) is 49.7. The molecular weight excluding hydrogens is 1060 g/mol. The molecule has 19 nitrogen and oxygen atoms in total. The van der Waals surface area contributed by atoms with Crippen LogP contribution < -0.4 is 26.2 Å². The molecule has 81 heavy (non-hydrogen) atoms. The summed E-state index contributed by atoms with van der Waals surface area (Å²) in [5, 5.41) is 12.1. The molecule has 0 unspecified atom stereocenters. The number of carbonyl (C=O) groups excluding carboxylic acids is 3. The summed E-state index contributed by atoms with van der Waals surface area (Å²) in [6, 6.07) is 17.6. The Hall–Kier alpha value is -4.71. The van der Waals surface area contributed by atoms with Gasteiger partial charge in [-0.3, -0.25) is 9.59 Å². The van der Waals surface area contributed by atoms with Crippen LogP contribution in [0.2, 0.25) is 0 Å². The highest BCUT2D eigenvalue weighted by atomic mass is 32.2. The Morgan fingerprint density at radius 2 is 1.19 bits per heavy atom. The van der Waals surface area contributed by atoms with E-state index in [0.29, 0.717) is 157 Å². The van der Waals surface area contributed by atoms with E-state index in [9.17, 15) is 14.4 Å². The molecule has 2 aromatic carbocycles. The highest BCUT2D eigenvalue weighted by Gasteiger charge is 2.45. The van der Waals surface area contributed by atoms with Crippen molar-refractivity contribution in [2.75, 3.05) is 169 Å². The summed E-state index contributed by atoms with van der Waals surface area (Å²) in [7, 11) is 1.66. The number of anilines is 1. The van der Waals surface area contributed by atoms with Crippen molar-refractivity contribution in [3.63, 3.8) is 0 Å². The fourth-order valence-electron chi connectivity index (χ4n) is 10.3. The largest absolute Gasteiger partial charge is 0.382 e. The van der Waals surface area contributed by atoms with Crippen LogP contribution in [-0.4, -0.2) is 210 Å². The Morgan fingerprint density at radius 1 is 0.630 bits per heavy atom. The Balaban J connectivity index is 0.755. The maximum atomic E-state index is 12.2. The zero-order chi connectivity index (χ0) is 57.4. The number of rotatable bonds is 44. The maximum absolute atomic E-state index is 12.2. The smallest absolute Gasteiger partial charge is 0.315 e. The van der Waals surface area contributed by atoms with E-state index in [1.54, 1.807) is 7.11 Å². The van der Waals surface area contributed by atoms with Crippen molar-refractivity contribution in [3.05, 3.63) is 95.7 Å². The lowest BCUT2D eigenvalue weighted by Gasteiger charge is -2.27. The lowest BCUT2D eigenvalue weighted by Crippen LogP contribution is -2.36. The van der Waals surface area contributed by atoms with Gasteiger partial charge in [-0.1, -0.05) is 74.9 Å². The minimum Gasteiger partial charge on any atom is -0.382 e. The molecule has 4 N–H and O–H groups in total. The van der Waals surface area contributed by atoms with Gasteiger partial charge in [0.15, 0.2) is 12.3 Å². The molecule has 4 amide bonds. The number of urea groups is 1. The molecule has 2 saturated heterocycles. The monoisotopic (exact) mass is 1150 g/mol. The lowest BCUT2D eigenvalue weighted by atomic mass is 9.81. The molecule has 6 rings (SSSR count). The summed E-state index contributed by atoms with van der Waals surface area (Å²) in [6.45, 7) is 20.3. The summed E-state index contributed by atoms with van der Waals surface area (Å²) in [5.74, 6) is 0.863. The SMILES string of the molecule is COCCOCCOCCOCC[N+]1=C(/C=C/C=C/C=C2/N(CCOCCOCCOCCOCCC(=O)NCCOCCOCCNC(=O)CCCC[C@@H]3SC[C@@H]4NC(=O)N[C@@H]43)c3ccccc3C2(C)C)C(C)(C)c2ccccc21. The van der Waals surface area contributed by atoms with Crippen LogP contribution in [-0.2, 0) is 67.8 Å². The number of amides is 4. The number of hydrogen-bond donors (Lipinski definition) is 4. The molecule has 2 fully saturated rings. The third-order valence-corrected chi connectivity index (χ3v) is 16.1. The van der Waals surface area contributed by atoms with Crippen LogP contribution in [0.4, 0.5) is 16.2 Å². The minimum atomic E-state index is -0.186. The van der Waals surface area contributed by atoms with Gasteiger partial charge in [-0.15, -0.1) is 0 Å². The van der Waals surface area contributed by atoms with Crippen LogP contribution in [0, 0.1) is 0 Å². The topological polar surface area (TPSA) is 198 Å². The molecule has 0 aromatic heterocycles. The third-order valence-electron chi connectivity index (χ3n) is 14.6. The van der Waals surface area contributed by atoms with E-state index in [2.05, 4.69) is 137 Å². The molecule has 4 aliphatic rings. The highest BCUT2D eigenvalue weighted by Crippen LogP contribution is 2.47. The van der Waals surface area contributed by atoms with Crippen molar-refractivity contribution in [2.45, 2.75) is 88.0 Å².